The first-order valence-corrected chi connectivity index (χ1v) is 6.68. The third-order valence-electron chi connectivity index (χ3n) is 4.41. The number of hydrogen-bond acceptors (Lipinski definition) is 3. The van der Waals surface area contributed by atoms with E-state index in [1.165, 1.54) is 0 Å². The van der Waals surface area contributed by atoms with Crippen LogP contribution in [0.15, 0.2) is 0 Å². The molecule has 5 atom stereocenters. The Balaban J connectivity index is 1.89. The number of alkyl halides is 3. The molecule has 0 radical (unpaired) electrons. The van der Waals surface area contributed by atoms with Gasteiger partial charge in [-0.1, -0.05) is 6.92 Å². The van der Waals surface area contributed by atoms with E-state index in [1.807, 2.05) is 0 Å². The van der Waals surface area contributed by atoms with Gasteiger partial charge in [0.25, 0.3) is 0 Å². The van der Waals surface area contributed by atoms with Crippen LogP contribution in [0.4, 0.5) is 13.2 Å². The zero-order valence-electron chi connectivity index (χ0n) is 10.6. The number of halogens is 3. The minimum Gasteiger partial charge on any atom is -0.326 e. The average Bonchev–Trinajstić information content (AvgIpc) is 2.32. The predicted molar refractivity (Wildman–Crippen MR) is 64.1 cm³/mol. The zero-order chi connectivity index (χ0) is 13.3. The highest BCUT2D eigenvalue weighted by Gasteiger charge is 2.43. The Hall–Kier alpha value is -0.330. The van der Waals surface area contributed by atoms with Crippen molar-refractivity contribution in [3.8, 4) is 0 Å². The van der Waals surface area contributed by atoms with Crippen molar-refractivity contribution in [2.45, 2.75) is 50.5 Å². The summed E-state index contributed by atoms with van der Waals surface area (Å²) in [6.07, 6.45) is -2.33. The molecule has 0 spiro atoms. The summed E-state index contributed by atoms with van der Waals surface area (Å²) < 4.78 is 37.6. The minimum atomic E-state index is -4.12. The molecule has 0 aromatic heterocycles. The van der Waals surface area contributed by atoms with Gasteiger partial charge in [-0.15, -0.1) is 0 Å². The second kappa shape index (κ2) is 5.35. The van der Waals surface area contributed by atoms with E-state index >= 15 is 0 Å². The summed E-state index contributed by atoms with van der Waals surface area (Å²) in [6, 6.07) is -1.14. The van der Waals surface area contributed by atoms with E-state index in [9.17, 15) is 13.2 Å². The van der Waals surface area contributed by atoms with E-state index in [2.05, 4.69) is 17.6 Å². The maximum Gasteiger partial charge on any atom is 0.403 e. The van der Waals surface area contributed by atoms with Crippen LogP contribution in [0.1, 0.15) is 26.2 Å². The van der Waals surface area contributed by atoms with Gasteiger partial charge in [0.2, 0.25) is 0 Å². The Bertz CT molecular complexity index is 274. The van der Waals surface area contributed by atoms with Crippen LogP contribution in [0, 0.1) is 11.8 Å². The fraction of sp³-hybridized carbons (Fsp3) is 1.00. The van der Waals surface area contributed by atoms with Crippen LogP contribution in [-0.2, 0) is 0 Å². The Morgan fingerprint density at radius 2 is 1.83 bits per heavy atom. The second-order valence-corrected chi connectivity index (χ2v) is 5.66. The first-order chi connectivity index (χ1) is 8.39. The maximum absolute atomic E-state index is 12.5. The SMILES string of the molecule is CC1CCNC(C2CCC(C(F)(F)F)NC2)C1N. The molecule has 2 fully saturated rings. The van der Waals surface area contributed by atoms with E-state index in [1.54, 1.807) is 0 Å². The molecule has 0 amide bonds. The fourth-order valence-corrected chi connectivity index (χ4v) is 3.11. The lowest BCUT2D eigenvalue weighted by molar-refractivity contribution is -0.162. The highest BCUT2D eigenvalue weighted by atomic mass is 19.4. The van der Waals surface area contributed by atoms with Gasteiger partial charge in [-0.05, 0) is 37.6 Å². The summed E-state index contributed by atoms with van der Waals surface area (Å²) in [7, 11) is 0. The van der Waals surface area contributed by atoms with E-state index < -0.39 is 12.2 Å². The highest BCUT2D eigenvalue weighted by molar-refractivity contribution is 4.96. The van der Waals surface area contributed by atoms with Crippen molar-refractivity contribution in [3.05, 3.63) is 0 Å². The quantitative estimate of drug-likeness (QED) is 0.668. The van der Waals surface area contributed by atoms with Crippen LogP contribution in [0.5, 0.6) is 0 Å². The number of nitrogens with two attached hydrogens (primary N) is 1. The van der Waals surface area contributed by atoms with Crippen molar-refractivity contribution in [3.63, 3.8) is 0 Å². The molecule has 4 N–H and O–H groups in total. The Morgan fingerprint density at radius 3 is 2.39 bits per heavy atom. The van der Waals surface area contributed by atoms with Gasteiger partial charge in [-0.2, -0.15) is 13.2 Å². The van der Waals surface area contributed by atoms with Crippen LogP contribution in [0.25, 0.3) is 0 Å². The number of rotatable bonds is 1. The summed E-state index contributed by atoms with van der Waals surface area (Å²) in [6.45, 7) is 3.44. The third-order valence-corrected chi connectivity index (χ3v) is 4.41. The van der Waals surface area contributed by atoms with Crippen LogP contribution >= 0.6 is 0 Å². The van der Waals surface area contributed by atoms with Gasteiger partial charge in [0.1, 0.15) is 6.04 Å². The van der Waals surface area contributed by atoms with Crippen molar-refractivity contribution >= 4 is 0 Å². The van der Waals surface area contributed by atoms with Gasteiger partial charge in [0.15, 0.2) is 0 Å². The number of piperidine rings is 2. The van der Waals surface area contributed by atoms with Crippen LogP contribution in [-0.4, -0.2) is 37.4 Å². The molecule has 2 saturated heterocycles. The normalized spacial score (nSPS) is 42.8. The number of hydrogen-bond donors (Lipinski definition) is 3. The molecule has 0 aliphatic carbocycles. The molecule has 2 aliphatic rings. The molecule has 0 aromatic carbocycles. The molecule has 0 saturated carbocycles. The van der Waals surface area contributed by atoms with Crippen molar-refractivity contribution < 1.29 is 13.2 Å². The molecule has 0 aromatic rings. The first-order valence-electron chi connectivity index (χ1n) is 6.68. The summed E-state index contributed by atoms with van der Waals surface area (Å²) in [5, 5.41) is 6.00. The van der Waals surface area contributed by atoms with Crippen LogP contribution in [0.3, 0.4) is 0 Å². The van der Waals surface area contributed by atoms with E-state index in [0.717, 1.165) is 13.0 Å². The molecular weight excluding hydrogens is 243 g/mol. The molecule has 2 rings (SSSR count). The summed E-state index contributed by atoms with van der Waals surface area (Å²) in [5.41, 5.74) is 6.16. The third kappa shape index (κ3) is 2.97. The van der Waals surface area contributed by atoms with Gasteiger partial charge in [0.05, 0.1) is 0 Å². The van der Waals surface area contributed by atoms with Crippen molar-refractivity contribution in [2.75, 3.05) is 13.1 Å². The topological polar surface area (TPSA) is 50.1 Å². The van der Waals surface area contributed by atoms with Gasteiger partial charge in [-0.25, -0.2) is 0 Å². The van der Waals surface area contributed by atoms with E-state index in [0.29, 0.717) is 18.9 Å². The molecular formula is C12H22F3N3. The standard InChI is InChI=1S/C12H22F3N3/c1-7-4-5-17-11(10(7)16)8-2-3-9(18-6-8)12(13,14)15/h7-11,17-18H,2-6,16H2,1H3. The Labute approximate surface area is 106 Å². The summed E-state index contributed by atoms with van der Waals surface area (Å²) >= 11 is 0. The lowest BCUT2D eigenvalue weighted by Gasteiger charge is -2.42. The van der Waals surface area contributed by atoms with Gasteiger partial charge in [-0.3, -0.25) is 0 Å². The highest BCUT2D eigenvalue weighted by Crippen LogP contribution is 2.31. The first kappa shape index (κ1) is 14.1. The Morgan fingerprint density at radius 1 is 1.11 bits per heavy atom. The number of nitrogens with one attached hydrogen (secondary N) is 2. The fourth-order valence-electron chi connectivity index (χ4n) is 3.11. The maximum atomic E-state index is 12.5. The van der Waals surface area contributed by atoms with E-state index in [4.69, 9.17) is 5.73 Å². The predicted octanol–water partition coefficient (Wildman–Crippen LogP) is 1.24. The van der Waals surface area contributed by atoms with Gasteiger partial charge < -0.3 is 16.4 Å². The van der Waals surface area contributed by atoms with Crippen molar-refractivity contribution in [1.82, 2.24) is 10.6 Å². The summed E-state index contributed by atoms with van der Waals surface area (Å²) in [4.78, 5) is 0. The molecule has 18 heavy (non-hydrogen) atoms. The monoisotopic (exact) mass is 265 g/mol. The van der Waals surface area contributed by atoms with Crippen molar-refractivity contribution in [2.24, 2.45) is 17.6 Å². The Kier molecular flexibility index (Phi) is 4.18. The van der Waals surface area contributed by atoms with Crippen LogP contribution in [0.2, 0.25) is 0 Å². The molecule has 2 heterocycles. The largest absolute Gasteiger partial charge is 0.403 e. The van der Waals surface area contributed by atoms with Crippen molar-refractivity contribution in [1.29, 1.82) is 0 Å². The smallest absolute Gasteiger partial charge is 0.326 e. The summed E-state index contributed by atoms with van der Waals surface area (Å²) in [5.74, 6) is 0.651. The zero-order valence-corrected chi connectivity index (χ0v) is 10.6. The molecule has 6 heteroatoms. The van der Waals surface area contributed by atoms with Crippen LogP contribution < -0.4 is 16.4 Å². The molecule has 106 valence electrons. The lowest BCUT2D eigenvalue weighted by atomic mass is 9.78. The molecule has 3 nitrogen and oxygen atoms in total. The second-order valence-electron chi connectivity index (χ2n) is 5.66. The molecule has 0 bridgehead atoms. The lowest BCUT2D eigenvalue weighted by Crippen LogP contribution is -2.61. The average molecular weight is 265 g/mol. The van der Waals surface area contributed by atoms with Gasteiger partial charge >= 0.3 is 6.18 Å². The molecule has 2 aliphatic heterocycles. The van der Waals surface area contributed by atoms with E-state index in [-0.39, 0.29) is 24.4 Å². The minimum absolute atomic E-state index is 0.0491. The molecule has 5 unspecified atom stereocenters. The van der Waals surface area contributed by atoms with Gasteiger partial charge in [0, 0.05) is 18.6 Å².